The summed E-state index contributed by atoms with van der Waals surface area (Å²) in [6, 6.07) is 42.8. The third-order valence-electron chi connectivity index (χ3n) is 11.2. The van der Waals surface area contributed by atoms with Crippen LogP contribution in [0.4, 0.5) is 0 Å². The second kappa shape index (κ2) is 14.5. The van der Waals surface area contributed by atoms with Gasteiger partial charge >= 0.3 is 5.69 Å². The molecule has 0 radical (unpaired) electrons. The summed E-state index contributed by atoms with van der Waals surface area (Å²) in [5, 5.41) is 5.63. The lowest BCUT2D eigenvalue weighted by molar-refractivity contribution is -0.250. The highest BCUT2D eigenvalue weighted by Crippen LogP contribution is 2.49. The molecule has 1 N–H and O–H groups in total. The van der Waals surface area contributed by atoms with Crippen LogP contribution < -0.4 is 32.0 Å². The molecule has 3 heterocycles. The summed E-state index contributed by atoms with van der Waals surface area (Å²) >= 11 is 0. The number of rotatable bonds is 10. The molecule has 1 aromatic heterocycles. The zero-order valence-electron chi connectivity index (χ0n) is 32.2. The molecule has 0 spiro atoms. The van der Waals surface area contributed by atoms with Gasteiger partial charge in [-0.2, -0.15) is 5.06 Å². The first kappa shape index (κ1) is 38.1. The monoisotopic (exact) mass is 761 g/mol. The van der Waals surface area contributed by atoms with Crippen molar-refractivity contribution in [1.29, 1.82) is 0 Å². The molecule has 54 heavy (non-hydrogen) atoms. The Kier molecular flexibility index (Phi) is 10.2. The predicted molar refractivity (Wildman–Crippen MR) is 218 cm³/mol. The smallest absolute Gasteiger partial charge is 0.330 e. The van der Waals surface area contributed by atoms with E-state index in [2.05, 4.69) is 144 Å². The molecule has 2 bridgehead atoms. The quantitative estimate of drug-likeness (QED) is 0.209. The van der Waals surface area contributed by atoms with Crippen LogP contribution in [0.1, 0.15) is 47.8 Å². The van der Waals surface area contributed by atoms with E-state index >= 15 is 0 Å². The second-order valence-electron chi connectivity index (χ2n) is 16.6. The minimum absolute atomic E-state index is 0.121. The number of hydrogen-bond acceptors (Lipinski definition) is 7. The fourth-order valence-corrected chi connectivity index (χ4v) is 18.0. The average Bonchev–Trinajstić information content (AvgIpc) is 3.38. The van der Waals surface area contributed by atoms with E-state index in [9.17, 15) is 9.59 Å². The summed E-state index contributed by atoms with van der Waals surface area (Å²) in [5.74, 6) is 0. The van der Waals surface area contributed by atoms with E-state index < -0.39 is 51.9 Å². The number of aromatic amines is 1. The van der Waals surface area contributed by atoms with Gasteiger partial charge in [0.05, 0.1) is 6.61 Å². The van der Waals surface area contributed by atoms with Gasteiger partial charge in [0.15, 0.2) is 6.23 Å². The number of fused-ring (bicyclic) bond motifs is 2. The minimum Gasteiger partial charge on any atom is -0.404 e. The van der Waals surface area contributed by atoms with Crippen LogP contribution in [-0.2, 0) is 18.4 Å². The second-order valence-corrected chi connectivity index (χ2v) is 25.1. The first-order valence-electron chi connectivity index (χ1n) is 18.6. The third kappa shape index (κ3) is 6.41. The lowest BCUT2D eigenvalue weighted by Gasteiger charge is -2.51. The topological polar surface area (TPSA) is 95.0 Å². The van der Waals surface area contributed by atoms with Gasteiger partial charge < -0.3 is 13.6 Å². The van der Waals surface area contributed by atoms with Crippen LogP contribution in [0.5, 0.6) is 0 Å². The number of ether oxygens (including phenoxy) is 1. The van der Waals surface area contributed by atoms with Crippen molar-refractivity contribution in [3.8, 4) is 0 Å². The van der Waals surface area contributed by atoms with Crippen molar-refractivity contribution in [3.63, 3.8) is 0 Å². The third-order valence-corrected chi connectivity index (χ3v) is 21.2. The molecule has 5 aromatic rings. The molecule has 282 valence electrons. The molecule has 2 aliphatic rings. The van der Waals surface area contributed by atoms with Gasteiger partial charge in [-0.3, -0.25) is 19.2 Å². The normalized spacial score (nSPS) is 22.3. The van der Waals surface area contributed by atoms with E-state index in [1.165, 1.54) is 16.8 Å². The highest BCUT2D eigenvalue weighted by molar-refractivity contribution is 7.00. The molecule has 4 unspecified atom stereocenters. The summed E-state index contributed by atoms with van der Waals surface area (Å²) in [4.78, 5) is 34.8. The average molecular weight is 762 g/mol. The zero-order valence-corrected chi connectivity index (χ0v) is 34.2. The molecular weight excluding hydrogens is 711 g/mol. The highest BCUT2D eigenvalue weighted by Gasteiger charge is 2.66. The molecule has 7 rings (SSSR count). The molecule has 0 amide bonds. The predicted octanol–water partition coefficient (Wildman–Crippen LogP) is 4.57. The van der Waals surface area contributed by atoms with Gasteiger partial charge in [0, 0.05) is 19.3 Å². The van der Waals surface area contributed by atoms with Crippen molar-refractivity contribution >= 4 is 37.4 Å². The Morgan fingerprint density at radius 3 is 1.57 bits per heavy atom. The minimum atomic E-state index is -3.20. The van der Waals surface area contributed by atoms with Gasteiger partial charge in [0.1, 0.15) is 24.4 Å². The molecule has 9 nitrogen and oxygen atoms in total. The molecular formula is C43H51N3O6Si2. The molecule has 2 fully saturated rings. The molecule has 2 aliphatic heterocycles. The lowest BCUT2D eigenvalue weighted by Crippen LogP contribution is -2.73. The van der Waals surface area contributed by atoms with Gasteiger partial charge in [-0.15, -0.1) is 0 Å². The van der Waals surface area contributed by atoms with Gasteiger partial charge in [-0.25, -0.2) is 4.79 Å². The molecule has 2 saturated heterocycles. The first-order chi connectivity index (χ1) is 25.7. The van der Waals surface area contributed by atoms with Gasteiger partial charge in [-0.1, -0.05) is 163 Å². The maximum Gasteiger partial charge on any atom is 0.330 e. The fraction of sp³-hybridized carbons (Fsp3) is 0.349. The van der Waals surface area contributed by atoms with Crippen molar-refractivity contribution in [2.24, 2.45) is 0 Å². The molecule has 4 atom stereocenters. The number of nitrogens with one attached hydrogen (secondary N) is 1. The van der Waals surface area contributed by atoms with Gasteiger partial charge in [-0.05, 0) is 30.8 Å². The standard InChI is InChI=1S/C43H51N3O6Si2/c1-41(2,3)53(32-20-12-8-13-21-32,33-22-14-9-15-23-33)50-31-43-30-49-45(7)37(39(51-43)46-29-28-36(47)44-40(46)48)38(43)52-54(42(4,5)6,34-24-16-10-17-25-34)35-26-18-11-19-27-35/h8-29,37-39H,30-31H2,1-7H3,(H,44,47,48). The summed E-state index contributed by atoms with van der Waals surface area (Å²) in [5.41, 5.74) is -2.22. The van der Waals surface area contributed by atoms with Crippen LogP contribution >= 0.6 is 0 Å². The Balaban J connectivity index is 1.45. The summed E-state index contributed by atoms with van der Waals surface area (Å²) in [6.45, 7) is 13.7. The van der Waals surface area contributed by atoms with Crippen molar-refractivity contribution in [2.45, 2.75) is 75.6 Å². The van der Waals surface area contributed by atoms with E-state index in [-0.39, 0.29) is 23.3 Å². The van der Waals surface area contributed by atoms with E-state index in [4.69, 9.17) is 18.4 Å². The Morgan fingerprint density at radius 1 is 0.704 bits per heavy atom. The van der Waals surface area contributed by atoms with E-state index in [1.807, 2.05) is 31.3 Å². The maximum atomic E-state index is 13.6. The number of hydroxylamine groups is 2. The molecule has 0 aliphatic carbocycles. The van der Waals surface area contributed by atoms with E-state index in [0.717, 1.165) is 20.7 Å². The van der Waals surface area contributed by atoms with Crippen LogP contribution in [0.25, 0.3) is 0 Å². The van der Waals surface area contributed by atoms with Crippen molar-refractivity contribution in [2.75, 3.05) is 20.3 Å². The molecule has 11 heteroatoms. The zero-order chi connectivity index (χ0) is 38.4. The van der Waals surface area contributed by atoms with Crippen molar-refractivity contribution in [3.05, 3.63) is 154 Å². The summed E-state index contributed by atoms with van der Waals surface area (Å²) in [7, 11) is -4.42. The first-order valence-corrected chi connectivity index (χ1v) is 22.4. The SMILES string of the molecule is CN1OCC2(CO[Si](c3ccccc3)(c3ccccc3)C(C)(C)C)OC(n3ccc(=O)[nH]c3=O)C1C2O[Si](c1ccccc1)(c1ccccc1)C(C)(C)C. The van der Waals surface area contributed by atoms with Gasteiger partial charge in [0.2, 0.25) is 0 Å². The summed E-state index contributed by atoms with van der Waals surface area (Å²) in [6.07, 6.45) is -0.00541. The Bertz CT molecular complexity index is 2070. The maximum absolute atomic E-state index is 13.6. The number of nitrogens with zero attached hydrogens (tertiary/aromatic N) is 2. The van der Waals surface area contributed by atoms with Crippen molar-refractivity contribution in [1.82, 2.24) is 14.6 Å². The van der Waals surface area contributed by atoms with Gasteiger partial charge in [0.25, 0.3) is 22.2 Å². The van der Waals surface area contributed by atoms with Crippen LogP contribution in [0.3, 0.4) is 0 Å². The molecule has 4 aromatic carbocycles. The van der Waals surface area contributed by atoms with Crippen LogP contribution in [0.2, 0.25) is 10.1 Å². The molecule has 0 saturated carbocycles. The number of hydrogen-bond donors (Lipinski definition) is 1. The fourth-order valence-electron chi connectivity index (χ4n) is 8.68. The Labute approximate surface area is 319 Å². The summed E-state index contributed by atoms with van der Waals surface area (Å²) < 4.78 is 24.3. The van der Waals surface area contributed by atoms with Crippen LogP contribution in [0, 0.1) is 0 Å². The largest absolute Gasteiger partial charge is 0.404 e. The number of aromatic nitrogens is 2. The number of benzene rings is 4. The number of H-pyrrole nitrogens is 1. The Hall–Kier alpha value is -4.21. The van der Waals surface area contributed by atoms with Crippen molar-refractivity contribution < 1.29 is 18.4 Å². The van der Waals surface area contributed by atoms with Crippen LogP contribution in [-0.4, -0.2) is 69.3 Å². The van der Waals surface area contributed by atoms with E-state index in [0.29, 0.717) is 0 Å². The Morgan fingerprint density at radius 2 is 1.15 bits per heavy atom. The van der Waals surface area contributed by atoms with Crippen LogP contribution in [0.15, 0.2) is 143 Å². The number of likely N-dealkylation sites (N-methyl/N-ethyl adjacent to an activating group) is 1. The lowest BCUT2D eigenvalue weighted by atomic mass is 9.94. The van der Waals surface area contributed by atoms with E-state index in [1.54, 1.807) is 5.06 Å². The highest BCUT2D eigenvalue weighted by atomic mass is 28.4.